The molecule has 0 bridgehead atoms. The highest BCUT2D eigenvalue weighted by atomic mass is 79.9. The van der Waals surface area contributed by atoms with Crippen LogP contribution in [-0.4, -0.2) is 45.0 Å². The van der Waals surface area contributed by atoms with E-state index in [2.05, 4.69) is 101 Å². The fraction of sp³-hybridized carbons (Fsp3) is 0.639. The highest BCUT2D eigenvalue weighted by Gasteiger charge is 2.53. The molecule has 5 rings (SSSR count). The van der Waals surface area contributed by atoms with E-state index in [1.807, 2.05) is 12.1 Å². The Bertz CT molecular complexity index is 1260. The maximum absolute atomic E-state index is 10.1. The van der Waals surface area contributed by atoms with Crippen molar-refractivity contribution in [2.45, 2.75) is 119 Å². The number of benzene rings is 2. The van der Waals surface area contributed by atoms with Crippen molar-refractivity contribution >= 4 is 41.7 Å². The fourth-order valence-electron chi connectivity index (χ4n) is 8.38. The Hall–Kier alpha value is -2.12. The van der Waals surface area contributed by atoms with Crippen LogP contribution in [0.4, 0.5) is 0 Å². The number of alkyl halides is 1. The molecule has 3 fully saturated rings. The lowest BCUT2D eigenvalue weighted by Crippen LogP contribution is -2.67. The first-order valence-corrected chi connectivity index (χ1v) is 20.2. The second-order valence-electron chi connectivity index (χ2n) is 14.6. The lowest BCUT2D eigenvalue weighted by Gasteiger charge is -2.44. The molecule has 1 heterocycles. The SMILES string of the molecule is CC(C)(C)[Si](OC[C@@H](N=[N+]=[N-])[C@@H](CC#N)[C@H](Br)B1O[C@@H](C2CCCCC2)[C@H](C2CCCCC2)O1)(c1ccccc1)c1ccccc1. The highest BCUT2D eigenvalue weighted by Crippen LogP contribution is 2.43. The third-order valence-electron chi connectivity index (χ3n) is 10.7. The summed E-state index contributed by atoms with van der Waals surface area (Å²) in [6.07, 6.45) is 12.7. The molecule has 0 amide bonds. The topological polar surface area (TPSA) is 100 Å². The van der Waals surface area contributed by atoms with Crippen LogP contribution >= 0.6 is 15.9 Å². The van der Waals surface area contributed by atoms with Crippen molar-refractivity contribution in [1.82, 2.24) is 0 Å². The van der Waals surface area contributed by atoms with Gasteiger partial charge in [0.25, 0.3) is 8.32 Å². The van der Waals surface area contributed by atoms with E-state index in [1.54, 1.807) is 0 Å². The van der Waals surface area contributed by atoms with Crippen LogP contribution in [0.2, 0.25) is 5.04 Å². The van der Waals surface area contributed by atoms with Gasteiger partial charge in [0, 0.05) is 17.9 Å². The Morgan fingerprint density at radius 1 is 0.913 bits per heavy atom. The van der Waals surface area contributed by atoms with E-state index in [0.29, 0.717) is 11.8 Å². The molecule has 0 spiro atoms. The van der Waals surface area contributed by atoms with E-state index in [-0.39, 0.29) is 40.9 Å². The van der Waals surface area contributed by atoms with Crippen LogP contribution in [-0.2, 0) is 13.7 Å². The summed E-state index contributed by atoms with van der Waals surface area (Å²) >= 11 is 3.97. The molecule has 2 saturated carbocycles. The van der Waals surface area contributed by atoms with Gasteiger partial charge in [-0.2, -0.15) is 5.26 Å². The lowest BCUT2D eigenvalue weighted by atomic mass is 9.73. The average molecular weight is 706 g/mol. The van der Waals surface area contributed by atoms with Crippen molar-refractivity contribution in [1.29, 1.82) is 5.26 Å². The van der Waals surface area contributed by atoms with E-state index in [9.17, 15) is 10.8 Å². The van der Waals surface area contributed by atoms with Crippen LogP contribution in [0.1, 0.15) is 91.4 Å². The van der Waals surface area contributed by atoms with E-state index >= 15 is 0 Å². The second-order valence-corrected chi connectivity index (χ2v) is 19.9. The molecule has 1 aliphatic heterocycles. The zero-order valence-electron chi connectivity index (χ0n) is 27.8. The monoisotopic (exact) mass is 704 g/mol. The van der Waals surface area contributed by atoms with Crippen LogP contribution in [0.15, 0.2) is 65.8 Å². The summed E-state index contributed by atoms with van der Waals surface area (Å²) in [5.41, 5.74) is 9.80. The zero-order valence-corrected chi connectivity index (χ0v) is 30.4. The molecule has 0 N–H and O–H groups in total. The third-order valence-corrected chi connectivity index (χ3v) is 16.8. The van der Waals surface area contributed by atoms with Gasteiger partial charge in [0.2, 0.25) is 0 Å². The van der Waals surface area contributed by atoms with E-state index in [1.165, 1.54) is 64.2 Å². The van der Waals surface area contributed by atoms with Gasteiger partial charge >= 0.3 is 7.12 Å². The van der Waals surface area contributed by atoms with Crippen LogP contribution in [0.25, 0.3) is 10.4 Å². The van der Waals surface area contributed by atoms with Gasteiger partial charge in [0.15, 0.2) is 0 Å². The normalized spacial score (nSPS) is 23.7. The van der Waals surface area contributed by atoms with E-state index < -0.39 is 21.5 Å². The maximum atomic E-state index is 10.1. The van der Waals surface area contributed by atoms with Gasteiger partial charge in [-0.05, 0) is 64.4 Å². The predicted molar refractivity (Wildman–Crippen MR) is 192 cm³/mol. The minimum atomic E-state index is -2.89. The van der Waals surface area contributed by atoms with E-state index in [0.717, 1.165) is 10.4 Å². The average Bonchev–Trinajstić information content (AvgIpc) is 3.54. The molecular weight excluding hydrogens is 655 g/mol. The van der Waals surface area contributed by atoms with Crippen molar-refractivity contribution in [3.63, 3.8) is 0 Å². The molecular formula is C36H50BBrN4O3Si. The molecule has 5 atom stereocenters. The van der Waals surface area contributed by atoms with Gasteiger partial charge < -0.3 is 13.7 Å². The van der Waals surface area contributed by atoms with Gasteiger partial charge in [-0.3, -0.25) is 0 Å². The van der Waals surface area contributed by atoms with Gasteiger partial charge in [0.1, 0.15) is 0 Å². The summed E-state index contributed by atoms with van der Waals surface area (Å²) < 4.78 is 20.6. The first kappa shape index (κ1) is 35.2. The Kier molecular flexibility index (Phi) is 12.5. The van der Waals surface area contributed by atoms with Crippen LogP contribution in [0.5, 0.6) is 0 Å². The van der Waals surface area contributed by atoms with Gasteiger partial charge in [-0.15, -0.1) is 0 Å². The molecule has 10 heteroatoms. The largest absolute Gasteiger partial charge is 0.472 e. The van der Waals surface area contributed by atoms with Gasteiger partial charge in [0.05, 0.1) is 29.0 Å². The molecule has 0 aromatic heterocycles. The number of azide groups is 1. The Morgan fingerprint density at radius 3 is 1.80 bits per heavy atom. The first-order chi connectivity index (χ1) is 22.3. The van der Waals surface area contributed by atoms with E-state index in [4.69, 9.17) is 13.7 Å². The number of nitriles is 1. The molecule has 2 aromatic carbocycles. The number of nitrogens with zero attached hydrogens (tertiary/aromatic N) is 4. The summed E-state index contributed by atoms with van der Waals surface area (Å²) in [5.74, 6) is 0.652. The smallest absolute Gasteiger partial charge is 0.407 e. The summed E-state index contributed by atoms with van der Waals surface area (Å²) in [7, 11) is -3.40. The molecule has 2 aromatic rings. The Labute approximate surface area is 285 Å². The molecule has 1 saturated heterocycles. The summed E-state index contributed by atoms with van der Waals surface area (Å²) in [6.45, 7) is 6.90. The fourth-order valence-corrected chi connectivity index (χ4v) is 13.7. The van der Waals surface area contributed by atoms with Crippen molar-refractivity contribution in [2.75, 3.05) is 6.61 Å². The standard InChI is InChI=1S/C36H50BBrN4O3Si/c1-36(2,3)46(29-20-12-6-13-21-29,30-22-14-7-15-23-30)43-26-32(41-42-40)31(24-25-39)35(38)37-44-33(27-16-8-4-9-17-27)34(45-37)28-18-10-5-11-19-28/h6-7,12-15,20-23,27-28,31-35H,4-5,8-11,16-19,24,26H2,1-3H3/t31-,32-,33+,34+,35+/m1/s1. The minimum absolute atomic E-state index is 0.0717. The summed E-state index contributed by atoms with van der Waals surface area (Å²) in [5, 5.41) is 16.5. The predicted octanol–water partition coefficient (Wildman–Crippen LogP) is 8.51. The molecule has 46 heavy (non-hydrogen) atoms. The lowest BCUT2D eigenvalue weighted by molar-refractivity contribution is 0.0324. The zero-order chi connectivity index (χ0) is 32.6. The number of hydrogen-bond donors (Lipinski definition) is 0. The van der Waals surface area contributed by atoms with Crippen molar-refractivity contribution in [3.8, 4) is 6.07 Å². The minimum Gasteiger partial charge on any atom is -0.407 e. The summed E-state index contributed by atoms with van der Waals surface area (Å²) in [4.78, 5) is 3.28. The number of rotatable bonds is 12. The molecule has 2 aliphatic carbocycles. The van der Waals surface area contributed by atoms with Gasteiger partial charge in [-0.1, -0.05) is 141 Å². The highest BCUT2D eigenvalue weighted by molar-refractivity contribution is 9.10. The third kappa shape index (κ3) is 7.78. The number of halogens is 1. The Morgan fingerprint density at radius 2 is 1.39 bits per heavy atom. The number of hydrogen-bond acceptors (Lipinski definition) is 5. The van der Waals surface area contributed by atoms with Crippen molar-refractivity contribution in [3.05, 3.63) is 71.1 Å². The molecule has 7 nitrogen and oxygen atoms in total. The molecule has 3 aliphatic rings. The molecule has 0 radical (unpaired) electrons. The molecule has 0 unspecified atom stereocenters. The quantitative estimate of drug-likeness (QED) is 0.0727. The van der Waals surface area contributed by atoms with Crippen molar-refractivity contribution in [2.24, 2.45) is 22.9 Å². The maximum Gasteiger partial charge on any atom is 0.472 e. The van der Waals surface area contributed by atoms with Crippen LogP contribution < -0.4 is 10.4 Å². The second kappa shape index (κ2) is 16.3. The van der Waals surface area contributed by atoms with Crippen molar-refractivity contribution < 1.29 is 13.7 Å². The summed E-state index contributed by atoms with van der Waals surface area (Å²) in [6, 6.07) is 22.7. The Balaban J connectivity index is 1.43. The first-order valence-electron chi connectivity index (χ1n) is 17.4. The van der Waals surface area contributed by atoms with Crippen LogP contribution in [0, 0.1) is 29.1 Å². The van der Waals surface area contributed by atoms with Gasteiger partial charge in [-0.25, -0.2) is 0 Å². The molecule has 246 valence electrons. The van der Waals surface area contributed by atoms with Crippen LogP contribution in [0.3, 0.4) is 0 Å².